The lowest BCUT2D eigenvalue weighted by molar-refractivity contribution is -0.550. The van der Waals surface area contributed by atoms with Crippen LogP contribution in [0.4, 0.5) is 0 Å². The molecule has 1 fully saturated rings. The third-order valence-corrected chi connectivity index (χ3v) is 5.26. The van der Waals surface area contributed by atoms with Gasteiger partial charge in [0.25, 0.3) is 5.70 Å². The molecule has 152 valence electrons. The van der Waals surface area contributed by atoms with Gasteiger partial charge in [-0.05, 0) is 6.92 Å². The molecule has 4 unspecified atom stereocenters. The Balaban J connectivity index is 2.25. The minimum absolute atomic E-state index is 0.0275. The van der Waals surface area contributed by atoms with Crippen molar-refractivity contribution >= 4 is 17.5 Å². The molecule has 29 heavy (non-hydrogen) atoms. The first-order chi connectivity index (χ1) is 13.8. The summed E-state index contributed by atoms with van der Waals surface area (Å²) in [6, 6.07) is 6.19. The van der Waals surface area contributed by atoms with Gasteiger partial charge in [0.2, 0.25) is 6.04 Å². The summed E-state index contributed by atoms with van der Waals surface area (Å²) >= 11 is 0. The number of ketones is 1. The molecule has 1 saturated carbocycles. The standard InChI is InChI=1S/C19H18N2O8/c1-2-29-19(24)12-9-14(22)16-11(18(23)10-6-4-3-5-7-10)8-13(20(25)26)15(12)17(16)21(27)28/h3-8,12,15-17,23H,2,9H2,1H3. The van der Waals surface area contributed by atoms with Crippen LogP contribution in [-0.4, -0.2) is 39.4 Å². The van der Waals surface area contributed by atoms with Crippen LogP contribution in [0, 0.1) is 38.0 Å². The second kappa shape index (κ2) is 7.82. The van der Waals surface area contributed by atoms with E-state index in [4.69, 9.17) is 4.74 Å². The van der Waals surface area contributed by atoms with E-state index in [9.17, 15) is 34.9 Å². The van der Waals surface area contributed by atoms with Crippen LogP contribution >= 0.6 is 0 Å². The van der Waals surface area contributed by atoms with Gasteiger partial charge in [-0.1, -0.05) is 30.3 Å². The first kappa shape index (κ1) is 20.2. The number of carbonyl (C=O) groups is 2. The highest BCUT2D eigenvalue weighted by molar-refractivity contribution is 5.93. The van der Waals surface area contributed by atoms with E-state index in [-0.39, 0.29) is 17.7 Å². The van der Waals surface area contributed by atoms with E-state index in [2.05, 4.69) is 0 Å². The number of nitro groups is 2. The number of aliphatic hydroxyl groups is 1. The van der Waals surface area contributed by atoms with Gasteiger partial charge in [0, 0.05) is 28.6 Å². The summed E-state index contributed by atoms with van der Waals surface area (Å²) < 4.78 is 4.90. The summed E-state index contributed by atoms with van der Waals surface area (Å²) in [5.74, 6) is -6.13. The van der Waals surface area contributed by atoms with Gasteiger partial charge >= 0.3 is 5.97 Å². The number of aliphatic hydroxyl groups excluding tert-OH is 1. The van der Waals surface area contributed by atoms with E-state index >= 15 is 0 Å². The van der Waals surface area contributed by atoms with Crippen LogP contribution in [-0.2, 0) is 14.3 Å². The lowest BCUT2D eigenvalue weighted by atomic mass is 9.62. The molecule has 0 aromatic heterocycles. The summed E-state index contributed by atoms with van der Waals surface area (Å²) in [4.78, 5) is 47.1. The van der Waals surface area contributed by atoms with Crippen LogP contribution < -0.4 is 0 Å². The van der Waals surface area contributed by atoms with Gasteiger partial charge in [-0.25, -0.2) is 0 Å². The zero-order valence-corrected chi connectivity index (χ0v) is 15.4. The van der Waals surface area contributed by atoms with E-state index in [1.54, 1.807) is 18.2 Å². The van der Waals surface area contributed by atoms with Crippen LogP contribution in [0.3, 0.4) is 0 Å². The molecule has 10 heteroatoms. The number of hydrogen-bond donors (Lipinski definition) is 1. The molecular weight excluding hydrogens is 384 g/mol. The molecule has 0 amide bonds. The maximum Gasteiger partial charge on any atom is 0.310 e. The van der Waals surface area contributed by atoms with Crippen molar-refractivity contribution in [2.75, 3.05) is 6.61 Å². The van der Waals surface area contributed by atoms with E-state index in [1.807, 2.05) is 0 Å². The Morgan fingerprint density at radius 2 is 1.90 bits per heavy atom. The van der Waals surface area contributed by atoms with Gasteiger partial charge in [0.1, 0.15) is 23.4 Å². The zero-order chi connectivity index (χ0) is 21.3. The lowest BCUT2D eigenvalue weighted by Crippen LogP contribution is -2.55. The maximum absolute atomic E-state index is 12.8. The summed E-state index contributed by atoms with van der Waals surface area (Å²) in [5, 5.41) is 34.2. The Hall–Kier alpha value is -3.56. The monoisotopic (exact) mass is 402 g/mol. The molecular formula is C19H18N2O8. The Morgan fingerprint density at radius 1 is 1.24 bits per heavy atom. The smallest absolute Gasteiger partial charge is 0.310 e. The van der Waals surface area contributed by atoms with E-state index in [1.165, 1.54) is 19.1 Å². The predicted octanol–water partition coefficient (Wildman–Crippen LogP) is 2.16. The first-order valence-electron chi connectivity index (χ1n) is 8.95. The molecule has 2 aliphatic rings. The number of benzene rings is 1. The van der Waals surface area contributed by atoms with Gasteiger partial charge in [0.15, 0.2) is 0 Å². The molecule has 1 aromatic rings. The summed E-state index contributed by atoms with van der Waals surface area (Å²) in [6.07, 6.45) is 0.552. The number of nitrogens with zero attached hydrogens (tertiary/aromatic N) is 2. The average molecular weight is 402 g/mol. The van der Waals surface area contributed by atoms with E-state index in [0.29, 0.717) is 0 Å². The number of rotatable bonds is 5. The Kier molecular flexibility index (Phi) is 5.44. The largest absolute Gasteiger partial charge is 0.507 e. The molecule has 0 aliphatic heterocycles. The second-order valence-corrected chi connectivity index (χ2v) is 6.80. The minimum Gasteiger partial charge on any atom is -0.507 e. The van der Waals surface area contributed by atoms with Gasteiger partial charge in [0.05, 0.1) is 17.4 Å². The van der Waals surface area contributed by atoms with Crippen molar-refractivity contribution in [2.24, 2.45) is 17.8 Å². The molecule has 2 bridgehead atoms. The van der Waals surface area contributed by atoms with Crippen LogP contribution in [0.2, 0.25) is 0 Å². The quantitative estimate of drug-likeness (QED) is 0.341. The summed E-state index contributed by atoms with van der Waals surface area (Å²) in [7, 11) is 0. The van der Waals surface area contributed by atoms with Crippen molar-refractivity contribution in [3.05, 3.63) is 73.5 Å². The Labute approximate surface area is 164 Å². The van der Waals surface area contributed by atoms with Crippen LogP contribution in [0.5, 0.6) is 0 Å². The average Bonchev–Trinajstić information content (AvgIpc) is 2.69. The van der Waals surface area contributed by atoms with Crippen molar-refractivity contribution in [1.29, 1.82) is 0 Å². The number of Topliss-reactive ketones (excluding diaryl/α,β-unsaturated/α-hetero) is 1. The molecule has 10 nitrogen and oxygen atoms in total. The number of ether oxygens (including phenoxy) is 1. The minimum atomic E-state index is -1.75. The third kappa shape index (κ3) is 3.48. The molecule has 1 aromatic carbocycles. The van der Waals surface area contributed by atoms with E-state index in [0.717, 1.165) is 6.08 Å². The van der Waals surface area contributed by atoms with Crippen molar-refractivity contribution in [2.45, 2.75) is 19.4 Å². The normalized spacial score (nSPS) is 27.6. The molecule has 0 radical (unpaired) electrons. The van der Waals surface area contributed by atoms with E-state index < -0.39 is 63.3 Å². The molecule has 2 aliphatic carbocycles. The third-order valence-electron chi connectivity index (χ3n) is 5.26. The SMILES string of the molecule is CCOC(=O)C1CC(=O)C2C(=C(O)c3ccccc3)C=C([N+](=O)[O-])C1C2[N+](=O)[O-]. The van der Waals surface area contributed by atoms with Crippen molar-refractivity contribution in [3.63, 3.8) is 0 Å². The number of carbonyl (C=O) groups excluding carboxylic acids is 2. The fraction of sp³-hybridized carbons (Fsp3) is 0.368. The molecule has 0 heterocycles. The zero-order valence-electron chi connectivity index (χ0n) is 15.4. The highest BCUT2D eigenvalue weighted by atomic mass is 16.6. The summed E-state index contributed by atoms with van der Waals surface area (Å²) in [5.41, 5.74) is -0.513. The highest BCUT2D eigenvalue weighted by Gasteiger charge is 2.62. The van der Waals surface area contributed by atoms with Gasteiger partial charge in [-0.2, -0.15) is 0 Å². The molecule has 3 rings (SSSR count). The number of esters is 1. The van der Waals surface area contributed by atoms with Gasteiger partial charge in [-0.15, -0.1) is 0 Å². The number of allylic oxidation sites excluding steroid dienone is 1. The predicted molar refractivity (Wildman–Crippen MR) is 98.6 cm³/mol. The van der Waals surface area contributed by atoms with Crippen LogP contribution in [0.25, 0.3) is 5.76 Å². The number of fused-ring (bicyclic) bond motifs is 2. The van der Waals surface area contributed by atoms with Crippen LogP contribution in [0.15, 0.2) is 47.7 Å². The topological polar surface area (TPSA) is 150 Å². The van der Waals surface area contributed by atoms with Crippen molar-refractivity contribution in [1.82, 2.24) is 0 Å². The fourth-order valence-electron chi connectivity index (χ4n) is 4.08. The van der Waals surface area contributed by atoms with Crippen molar-refractivity contribution < 1.29 is 29.3 Å². The second-order valence-electron chi connectivity index (χ2n) is 6.80. The number of hydrogen-bond acceptors (Lipinski definition) is 8. The van der Waals surface area contributed by atoms with Crippen molar-refractivity contribution in [3.8, 4) is 0 Å². The Bertz CT molecular complexity index is 937. The summed E-state index contributed by atoms with van der Waals surface area (Å²) in [6.45, 7) is 1.50. The van der Waals surface area contributed by atoms with Gasteiger partial charge < -0.3 is 9.84 Å². The fourth-order valence-corrected chi connectivity index (χ4v) is 4.08. The highest BCUT2D eigenvalue weighted by Crippen LogP contribution is 2.47. The van der Waals surface area contributed by atoms with Crippen LogP contribution in [0.1, 0.15) is 18.9 Å². The van der Waals surface area contributed by atoms with Gasteiger partial charge in [-0.3, -0.25) is 29.8 Å². The molecule has 4 atom stereocenters. The lowest BCUT2D eigenvalue weighted by Gasteiger charge is -2.37. The molecule has 0 spiro atoms. The Morgan fingerprint density at radius 3 is 2.45 bits per heavy atom. The molecule has 1 N–H and O–H groups in total. The first-order valence-corrected chi connectivity index (χ1v) is 8.95. The maximum atomic E-state index is 12.8. The molecule has 0 saturated heterocycles.